The van der Waals surface area contributed by atoms with Crippen molar-refractivity contribution in [3.8, 4) is 0 Å². The zero-order chi connectivity index (χ0) is 26.8. The van der Waals surface area contributed by atoms with E-state index in [0.717, 1.165) is 5.56 Å². The lowest BCUT2D eigenvalue weighted by Gasteiger charge is -2.50. The standard InChI is InChI=1S/C27H32Cl2N2O5/c1-6-21(24(34)36-26(2,3)4)31-23(16-7-9-17(28)10-8-16)19(20-13-18(29)11-12-30-20)14-27(5,25(31)35)15-22(32)33/h7-13,19,21,23H,6,14-15H2,1-5H3,(H,32,33). The Bertz CT molecular complexity index is 1130. The molecule has 1 aromatic heterocycles. The zero-order valence-corrected chi connectivity index (χ0v) is 22.6. The van der Waals surface area contributed by atoms with E-state index in [1.54, 1.807) is 65.1 Å². The van der Waals surface area contributed by atoms with Gasteiger partial charge >= 0.3 is 11.9 Å². The quantitative estimate of drug-likeness (QED) is 0.434. The number of piperidine rings is 1. The topological polar surface area (TPSA) is 96.8 Å². The minimum Gasteiger partial charge on any atom is -0.481 e. The zero-order valence-electron chi connectivity index (χ0n) is 21.1. The Balaban J connectivity index is 2.25. The monoisotopic (exact) mass is 534 g/mol. The maximum Gasteiger partial charge on any atom is 0.329 e. The maximum atomic E-state index is 14.1. The minimum atomic E-state index is -1.28. The molecule has 0 bridgehead atoms. The number of likely N-dealkylation sites (tertiary alicyclic amines) is 1. The van der Waals surface area contributed by atoms with Crippen LogP contribution < -0.4 is 0 Å². The van der Waals surface area contributed by atoms with Gasteiger partial charge in [0.05, 0.1) is 17.9 Å². The van der Waals surface area contributed by atoms with Gasteiger partial charge in [0.1, 0.15) is 11.6 Å². The van der Waals surface area contributed by atoms with E-state index in [1.807, 2.05) is 12.1 Å². The minimum absolute atomic E-state index is 0.208. The summed E-state index contributed by atoms with van der Waals surface area (Å²) in [5, 5.41) is 10.7. The van der Waals surface area contributed by atoms with Crippen LogP contribution in [0, 0.1) is 5.41 Å². The summed E-state index contributed by atoms with van der Waals surface area (Å²) in [4.78, 5) is 45.4. The van der Waals surface area contributed by atoms with Crippen molar-refractivity contribution < 1.29 is 24.2 Å². The van der Waals surface area contributed by atoms with E-state index in [-0.39, 0.29) is 12.8 Å². The number of hydrogen-bond acceptors (Lipinski definition) is 5. The fourth-order valence-electron chi connectivity index (χ4n) is 4.92. The molecule has 1 amide bonds. The highest BCUT2D eigenvalue weighted by Gasteiger charge is 2.54. The molecule has 9 heteroatoms. The van der Waals surface area contributed by atoms with Crippen LogP contribution in [0.1, 0.15) is 77.1 Å². The number of aromatic nitrogens is 1. The number of esters is 1. The molecule has 1 N–H and O–H groups in total. The number of aliphatic carboxylic acids is 1. The van der Waals surface area contributed by atoms with Crippen LogP contribution in [0.15, 0.2) is 42.6 Å². The number of rotatable bonds is 7. The molecule has 4 unspecified atom stereocenters. The molecule has 4 atom stereocenters. The SMILES string of the molecule is CCC(C(=O)OC(C)(C)C)N1C(=O)C(C)(CC(=O)O)CC(c2cc(Cl)ccn2)C1c1ccc(Cl)cc1. The Labute approximate surface area is 221 Å². The number of hydrogen-bond donors (Lipinski definition) is 1. The summed E-state index contributed by atoms with van der Waals surface area (Å²) in [6, 6.07) is 8.88. The van der Waals surface area contributed by atoms with Gasteiger partial charge in [0, 0.05) is 27.9 Å². The van der Waals surface area contributed by atoms with Crippen LogP contribution in [0.4, 0.5) is 0 Å². The highest BCUT2D eigenvalue weighted by Crippen LogP contribution is 2.52. The van der Waals surface area contributed by atoms with Crippen molar-refractivity contribution >= 4 is 41.0 Å². The van der Waals surface area contributed by atoms with E-state index in [2.05, 4.69) is 4.98 Å². The summed E-state index contributed by atoms with van der Waals surface area (Å²) in [6.07, 6.45) is 1.68. The summed E-state index contributed by atoms with van der Waals surface area (Å²) in [7, 11) is 0. The third kappa shape index (κ3) is 6.19. The summed E-state index contributed by atoms with van der Waals surface area (Å²) < 4.78 is 5.70. The fraction of sp³-hybridized carbons (Fsp3) is 0.481. The molecule has 0 spiro atoms. The molecule has 3 rings (SSSR count). The molecule has 194 valence electrons. The van der Waals surface area contributed by atoms with Crippen LogP contribution in [0.2, 0.25) is 10.0 Å². The van der Waals surface area contributed by atoms with Crippen LogP contribution in [-0.2, 0) is 19.1 Å². The summed E-state index contributed by atoms with van der Waals surface area (Å²) >= 11 is 12.5. The second-order valence-corrected chi connectivity index (χ2v) is 11.4. The Morgan fingerprint density at radius 3 is 2.36 bits per heavy atom. The van der Waals surface area contributed by atoms with Gasteiger partial charge in [-0.05, 0) is 63.4 Å². The molecule has 1 aromatic carbocycles. The number of carboxylic acids is 1. The molecular formula is C27H32Cl2N2O5. The first-order valence-electron chi connectivity index (χ1n) is 11.9. The first-order valence-corrected chi connectivity index (χ1v) is 12.7. The molecule has 2 aromatic rings. The number of halogens is 2. The third-order valence-electron chi connectivity index (χ3n) is 6.38. The molecule has 1 aliphatic rings. The molecule has 0 saturated carbocycles. The summed E-state index contributed by atoms with van der Waals surface area (Å²) in [5.41, 5.74) is -0.689. The van der Waals surface area contributed by atoms with Gasteiger partial charge < -0.3 is 14.7 Å². The van der Waals surface area contributed by atoms with Crippen LogP contribution in [0.25, 0.3) is 0 Å². The molecule has 7 nitrogen and oxygen atoms in total. The van der Waals surface area contributed by atoms with Crippen LogP contribution in [0.3, 0.4) is 0 Å². The number of nitrogens with zero attached hydrogens (tertiary/aromatic N) is 2. The molecule has 1 aliphatic heterocycles. The number of carbonyl (C=O) groups excluding carboxylic acids is 2. The summed E-state index contributed by atoms with van der Waals surface area (Å²) in [6.45, 7) is 8.73. The van der Waals surface area contributed by atoms with Crippen LogP contribution in [-0.4, -0.2) is 44.5 Å². The van der Waals surface area contributed by atoms with Crippen molar-refractivity contribution in [2.75, 3.05) is 0 Å². The predicted octanol–water partition coefficient (Wildman–Crippen LogP) is 6.05. The molecular weight excluding hydrogens is 503 g/mol. The maximum absolute atomic E-state index is 14.1. The highest BCUT2D eigenvalue weighted by atomic mass is 35.5. The van der Waals surface area contributed by atoms with Crippen molar-refractivity contribution in [2.45, 2.75) is 77.5 Å². The van der Waals surface area contributed by atoms with Gasteiger partial charge in [0.15, 0.2) is 0 Å². The van der Waals surface area contributed by atoms with Gasteiger partial charge in [-0.15, -0.1) is 0 Å². The highest BCUT2D eigenvalue weighted by molar-refractivity contribution is 6.30. The second kappa shape index (κ2) is 10.8. The van der Waals surface area contributed by atoms with Crippen molar-refractivity contribution in [1.29, 1.82) is 0 Å². The average Bonchev–Trinajstić information content (AvgIpc) is 2.76. The average molecular weight is 535 g/mol. The molecule has 2 heterocycles. The molecule has 1 fully saturated rings. The lowest BCUT2D eigenvalue weighted by atomic mass is 9.68. The van der Waals surface area contributed by atoms with E-state index in [4.69, 9.17) is 27.9 Å². The van der Waals surface area contributed by atoms with Crippen molar-refractivity contribution in [3.63, 3.8) is 0 Å². The van der Waals surface area contributed by atoms with Gasteiger partial charge in [-0.25, -0.2) is 4.79 Å². The third-order valence-corrected chi connectivity index (χ3v) is 6.87. The number of ether oxygens (including phenoxy) is 1. The van der Waals surface area contributed by atoms with E-state index in [1.165, 1.54) is 4.90 Å². The van der Waals surface area contributed by atoms with E-state index in [0.29, 0.717) is 15.7 Å². The van der Waals surface area contributed by atoms with Crippen LogP contribution >= 0.6 is 23.2 Å². The lowest BCUT2D eigenvalue weighted by Crippen LogP contribution is -2.58. The molecule has 36 heavy (non-hydrogen) atoms. The Morgan fingerprint density at radius 2 is 1.83 bits per heavy atom. The van der Waals surface area contributed by atoms with E-state index in [9.17, 15) is 19.5 Å². The number of benzene rings is 1. The van der Waals surface area contributed by atoms with Gasteiger partial charge in [-0.2, -0.15) is 0 Å². The molecule has 0 radical (unpaired) electrons. The molecule has 1 saturated heterocycles. The Kier molecular flexibility index (Phi) is 8.36. The Morgan fingerprint density at radius 1 is 1.19 bits per heavy atom. The predicted molar refractivity (Wildman–Crippen MR) is 138 cm³/mol. The van der Waals surface area contributed by atoms with Crippen molar-refractivity contribution in [1.82, 2.24) is 9.88 Å². The largest absolute Gasteiger partial charge is 0.481 e. The van der Waals surface area contributed by atoms with Crippen molar-refractivity contribution in [3.05, 3.63) is 63.9 Å². The Hall–Kier alpha value is -2.64. The van der Waals surface area contributed by atoms with Gasteiger partial charge in [-0.3, -0.25) is 14.6 Å². The second-order valence-electron chi connectivity index (χ2n) is 10.5. The van der Waals surface area contributed by atoms with Gasteiger partial charge in [-0.1, -0.05) is 49.2 Å². The number of pyridine rings is 1. The summed E-state index contributed by atoms with van der Waals surface area (Å²) in [5.74, 6) is -2.50. The first-order chi connectivity index (χ1) is 16.8. The van der Waals surface area contributed by atoms with E-state index < -0.39 is 53.3 Å². The normalized spacial score (nSPS) is 23.3. The van der Waals surface area contributed by atoms with Gasteiger partial charge in [0.25, 0.3) is 0 Å². The smallest absolute Gasteiger partial charge is 0.329 e. The number of carbonyl (C=O) groups is 3. The fourth-order valence-corrected chi connectivity index (χ4v) is 5.22. The first kappa shape index (κ1) is 27.9. The van der Waals surface area contributed by atoms with Crippen LogP contribution in [0.5, 0.6) is 0 Å². The molecule has 0 aliphatic carbocycles. The van der Waals surface area contributed by atoms with Crippen molar-refractivity contribution in [2.24, 2.45) is 5.41 Å². The number of carboxylic acid groups (broad SMARTS) is 1. The van der Waals surface area contributed by atoms with Gasteiger partial charge in [0.2, 0.25) is 5.91 Å². The van der Waals surface area contributed by atoms with E-state index >= 15 is 0 Å². The number of amides is 1. The lowest BCUT2D eigenvalue weighted by molar-refractivity contribution is -0.175.